The third-order valence-electron chi connectivity index (χ3n) is 3.32. The number of benzene rings is 2. The van der Waals surface area contributed by atoms with Gasteiger partial charge in [0.2, 0.25) is 0 Å². The molecule has 0 fully saturated rings. The van der Waals surface area contributed by atoms with E-state index >= 15 is 0 Å². The highest BCUT2D eigenvalue weighted by Gasteiger charge is 2.19. The summed E-state index contributed by atoms with van der Waals surface area (Å²) in [5, 5.41) is 0. The van der Waals surface area contributed by atoms with E-state index < -0.39 is 0 Å². The van der Waals surface area contributed by atoms with Gasteiger partial charge in [-0.25, -0.2) is 4.39 Å². The van der Waals surface area contributed by atoms with Crippen molar-refractivity contribution in [3.8, 4) is 22.6 Å². The van der Waals surface area contributed by atoms with Crippen molar-refractivity contribution in [3.05, 3.63) is 47.8 Å². The van der Waals surface area contributed by atoms with E-state index in [0.29, 0.717) is 42.3 Å². The van der Waals surface area contributed by atoms with Gasteiger partial charge < -0.3 is 9.47 Å². The molecule has 0 radical (unpaired) electrons. The monoisotopic (exact) mass is 258 g/mol. The van der Waals surface area contributed by atoms with Crippen LogP contribution >= 0.6 is 0 Å². The summed E-state index contributed by atoms with van der Waals surface area (Å²) in [7, 11) is 0. The van der Waals surface area contributed by atoms with Crippen LogP contribution < -0.4 is 9.47 Å². The molecule has 1 aliphatic rings. The lowest BCUT2D eigenvalue weighted by Crippen LogP contribution is -2.16. The summed E-state index contributed by atoms with van der Waals surface area (Å²) in [5.74, 6) is 1.15. The first-order chi connectivity index (χ1) is 9.31. The van der Waals surface area contributed by atoms with Gasteiger partial charge in [0.25, 0.3) is 0 Å². The van der Waals surface area contributed by atoms with Crippen LogP contribution in [0.3, 0.4) is 0 Å². The Labute approximate surface area is 111 Å². The third-order valence-corrected chi connectivity index (χ3v) is 3.32. The van der Waals surface area contributed by atoms with Gasteiger partial charge in [-0.3, -0.25) is 0 Å². The number of aryl methyl sites for hydroxylation is 1. The molecule has 98 valence electrons. The molecule has 3 rings (SSSR count). The van der Waals surface area contributed by atoms with Gasteiger partial charge in [-0.05, 0) is 18.1 Å². The van der Waals surface area contributed by atoms with Crippen molar-refractivity contribution in [2.24, 2.45) is 0 Å². The average Bonchev–Trinajstić information content (AvgIpc) is 2.47. The van der Waals surface area contributed by atoms with Crippen LogP contribution in [0.2, 0.25) is 0 Å². The fourth-order valence-corrected chi connectivity index (χ4v) is 2.35. The lowest BCUT2D eigenvalue weighted by atomic mass is 9.99. The molecule has 3 heteroatoms. The van der Waals surface area contributed by atoms with E-state index in [1.54, 1.807) is 6.07 Å². The molecule has 0 aliphatic carbocycles. The van der Waals surface area contributed by atoms with Gasteiger partial charge in [-0.2, -0.15) is 0 Å². The minimum atomic E-state index is -0.174. The normalized spacial score (nSPS) is 13.4. The molecule has 0 atom stereocenters. The number of hydrogen-bond acceptors (Lipinski definition) is 2. The molecule has 0 saturated carbocycles. The minimum absolute atomic E-state index is 0.174. The van der Waals surface area contributed by atoms with Crippen molar-refractivity contribution in [2.75, 3.05) is 13.2 Å². The Kier molecular flexibility index (Phi) is 3.11. The molecular formula is C16H15FO2. The standard InChI is InChI=1S/C16H15FO2/c1-2-11-5-3-6-12(15(11)17)13-7-4-8-14-16(13)19-10-9-18-14/h3-8H,2,9-10H2,1H3. The Bertz CT molecular complexity index is 608. The van der Waals surface area contributed by atoms with E-state index in [2.05, 4.69) is 0 Å². The molecule has 0 unspecified atom stereocenters. The molecule has 0 bridgehead atoms. The van der Waals surface area contributed by atoms with Crippen LogP contribution in [0.1, 0.15) is 12.5 Å². The maximum Gasteiger partial charge on any atom is 0.169 e. The summed E-state index contributed by atoms with van der Waals surface area (Å²) >= 11 is 0. The smallest absolute Gasteiger partial charge is 0.169 e. The molecule has 0 aromatic heterocycles. The summed E-state index contributed by atoms with van der Waals surface area (Å²) in [5.41, 5.74) is 2.04. The predicted octanol–water partition coefficient (Wildman–Crippen LogP) is 3.83. The Morgan fingerprint density at radius 1 is 1.00 bits per heavy atom. The molecule has 19 heavy (non-hydrogen) atoms. The zero-order valence-electron chi connectivity index (χ0n) is 10.8. The molecule has 0 saturated heterocycles. The second kappa shape index (κ2) is 4.92. The predicted molar refractivity (Wildman–Crippen MR) is 72.2 cm³/mol. The Morgan fingerprint density at radius 2 is 1.74 bits per heavy atom. The number of halogens is 1. The topological polar surface area (TPSA) is 18.5 Å². The van der Waals surface area contributed by atoms with E-state index in [4.69, 9.17) is 9.47 Å². The van der Waals surface area contributed by atoms with Crippen LogP contribution in [0.5, 0.6) is 11.5 Å². The molecule has 2 aromatic carbocycles. The lowest BCUT2D eigenvalue weighted by molar-refractivity contribution is 0.172. The van der Waals surface area contributed by atoms with E-state index in [-0.39, 0.29) is 5.82 Å². The van der Waals surface area contributed by atoms with Gasteiger partial charge in [0, 0.05) is 11.1 Å². The summed E-state index contributed by atoms with van der Waals surface area (Å²) in [6, 6.07) is 11.0. The highest BCUT2D eigenvalue weighted by Crippen LogP contribution is 2.41. The molecule has 0 spiro atoms. The molecular weight excluding hydrogens is 243 g/mol. The van der Waals surface area contributed by atoms with Crippen molar-refractivity contribution in [2.45, 2.75) is 13.3 Å². The fourth-order valence-electron chi connectivity index (χ4n) is 2.35. The van der Waals surface area contributed by atoms with Gasteiger partial charge >= 0.3 is 0 Å². The van der Waals surface area contributed by atoms with Crippen molar-refractivity contribution in [1.29, 1.82) is 0 Å². The maximum absolute atomic E-state index is 14.4. The zero-order valence-corrected chi connectivity index (χ0v) is 10.8. The second-order valence-electron chi connectivity index (χ2n) is 4.46. The lowest BCUT2D eigenvalue weighted by Gasteiger charge is -2.21. The first kappa shape index (κ1) is 12.0. The Balaban J connectivity index is 2.17. The molecule has 1 aliphatic heterocycles. The van der Waals surface area contributed by atoms with Crippen LogP contribution in [0.4, 0.5) is 4.39 Å². The van der Waals surface area contributed by atoms with Crippen molar-refractivity contribution in [1.82, 2.24) is 0 Å². The van der Waals surface area contributed by atoms with Crippen molar-refractivity contribution >= 4 is 0 Å². The van der Waals surface area contributed by atoms with E-state index in [1.807, 2.05) is 37.3 Å². The van der Waals surface area contributed by atoms with Crippen LogP contribution in [0.15, 0.2) is 36.4 Å². The van der Waals surface area contributed by atoms with E-state index in [0.717, 1.165) is 5.56 Å². The first-order valence-corrected chi connectivity index (χ1v) is 6.47. The largest absolute Gasteiger partial charge is 0.486 e. The quantitative estimate of drug-likeness (QED) is 0.815. The SMILES string of the molecule is CCc1cccc(-c2cccc3c2OCCO3)c1F. The third kappa shape index (κ3) is 2.05. The van der Waals surface area contributed by atoms with E-state index in [1.165, 1.54) is 0 Å². The van der Waals surface area contributed by atoms with Crippen LogP contribution in [0.25, 0.3) is 11.1 Å². The molecule has 0 amide bonds. The number of fused-ring (bicyclic) bond motifs is 1. The molecule has 0 N–H and O–H groups in total. The first-order valence-electron chi connectivity index (χ1n) is 6.47. The average molecular weight is 258 g/mol. The van der Waals surface area contributed by atoms with Crippen molar-refractivity contribution in [3.63, 3.8) is 0 Å². The summed E-state index contributed by atoms with van der Waals surface area (Å²) < 4.78 is 25.6. The second-order valence-corrected chi connectivity index (χ2v) is 4.46. The van der Waals surface area contributed by atoms with Gasteiger partial charge in [0.05, 0.1) is 0 Å². The number of para-hydroxylation sites is 1. The minimum Gasteiger partial charge on any atom is -0.486 e. The zero-order chi connectivity index (χ0) is 13.2. The number of hydrogen-bond donors (Lipinski definition) is 0. The Morgan fingerprint density at radius 3 is 2.58 bits per heavy atom. The van der Waals surface area contributed by atoms with Crippen molar-refractivity contribution < 1.29 is 13.9 Å². The molecule has 2 aromatic rings. The summed E-state index contributed by atoms with van der Waals surface area (Å²) in [4.78, 5) is 0. The molecule has 1 heterocycles. The van der Waals surface area contributed by atoms with Crippen LogP contribution in [-0.2, 0) is 6.42 Å². The van der Waals surface area contributed by atoms with Gasteiger partial charge in [-0.1, -0.05) is 37.3 Å². The van der Waals surface area contributed by atoms with Crippen LogP contribution in [0, 0.1) is 5.82 Å². The highest BCUT2D eigenvalue weighted by molar-refractivity contribution is 5.75. The van der Waals surface area contributed by atoms with Crippen LogP contribution in [-0.4, -0.2) is 13.2 Å². The molecule has 2 nitrogen and oxygen atoms in total. The summed E-state index contributed by atoms with van der Waals surface area (Å²) in [6.45, 7) is 2.98. The maximum atomic E-state index is 14.4. The number of rotatable bonds is 2. The van der Waals surface area contributed by atoms with Gasteiger partial charge in [0.1, 0.15) is 19.0 Å². The van der Waals surface area contributed by atoms with E-state index in [9.17, 15) is 4.39 Å². The fraction of sp³-hybridized carbons (Fsp3) is 0.250. The summed E-state index contributed by atoms with van der Waals surface area (Å²) in [6.07, 6.45) is 0.673. The Hall–Kier alpha value is -2.03. The van der Waals surface area contributed by atoms with Gasteiger partial charge in [0.15, 0.2) is 11.5 Å². The van der Waals surface area contributed by atoms with Gasteiger partial charge in [-0.15, -0.1) is 0 Å². The number of ether oxygens (including phenoxy) is 2. The highest BCUT2D eigenvalue weighted by atomic mass is 19.1.